The first kappa shape index (κ1) is 15.4. The molecule has 0 radical (unpaired) electrons. The lowest BCUT2D eigenvalue weighted by molar-refractivity contribution is -0.119. The standard InChI is InChI=1S/C16H23N3O2/c1-3-12-7-6-9-13(12)18-19-16(20)11-17-14-8-4-5-10-15(14)21-2/h4-5,8,10,12,17H,3,6-7,9,11H2,1-2H3,(H,19,20)/b18-13-/t12-/m1/s1. The third-order valence-electron chi connectivity index (χ3n) is 3.82. The van der Waals surface area contributed by atoms with E-state index < -0.39 is 0 Å². The van der Waals surface area contributed by atoms with E-state index in [0.717, 1.165) is 30.0 Å². The van der Waals surface area contributed by atoms with Crippen LogP contribution in [-0.4, -0.2) is 25.3 Å². The third kappa shape index (κ3) is 4.21. The van der Waals surface area contributed by atoms with E-state index in [4.69, 9.17) is 4.74 Å². The van der Waals surface area contributed by atoms with Gasteiger partial charge in [-0.25, -0.2) is 5.43 Å². The molecule has 1 aromatic rings. The van der Waals surface area contributed by atoms with Crippen molar-refractivity contribution >= 4 is 17.3 Å². The second kappa shape index (κ2) is 7.67. The molecule has 1 amide bonds. The second-order valence-electron chi connectivity index (χ2n) is 5.19. The highest BCUT2D eigenvalue weighted by molar-refractivity contribution is 5.90. The molecule has 1 aliphatic carbocycles. The summed E-state index contributed by atoms with van der Waals surface area (Å²) >= 11 is 0. The Kier molecular flexibility index (Phi) is 5.60. The molecule has 1 aromatic carbocycles. The van der Waals surface area contributed by atoms with Gasteiger partial charge in [-0.2, -0.15) is 5.10 Å². The van der Waals surface area contributed by atoms with Crippen LogP contribution in [0.3, 0.4) is 0 Å². The van der Waals surface area contributed by atoms with Gasteiger partial charge in [-0.3, -0.25) is 4.79 Å². The molecule has 2 rings (SSSR count). The number of amides is 1. The molecule has 1 atom stereocenters. The maximum absolute atomic E-state index is 11.8. The number of nitrogens with zero attached hydrogens (tertiary/aromatic N) is 1. The van der Waals surface area contributed by atoms with Crippen LogP contribution in [0.15, 0.2) is 29.4 Å². The Balaban J connectivity index is 1.84. The van der Waals surface area contributed by atoms with E-state index in [1.807, 2.05) is 24.3 Å². The van der Waals surface area contributed by atoms with Gasteiger partial charge in [0.1, 0.15) is 5.75 Å². The van der Waals surface area contributed by atoms with E-state index in [0.29, 0.717) is 5.92 Å². The Bertz CT molecular complexity index is 514. The third-order valence-corrected chi connectivity index (χ3v) is 3.82. The van der Waals surface area contributed by atoms with Crippen molar-refractivity contribution in [2.45, 2.75) is 32.6 Å². The van der Waals surface area contributed by atoms with Gasteiger partial charge in [0.15, 0.2) is 0 Å². The normalized spacial score (nSPS) is 19.5. The maximum Gasteiger partial charge on any atom is 0.259 e. The van der Waals surface area contributed by atoms with Gasteiger partial charge in [0.05, 0.1) is 19.3 Å². The fourth-order valence-electron chi connectivity index (χ4n) is 2.63. The fraction of sp³-hybridized carbons (Fsp3) is 0.500. The van der Waals surface area contributed by atoms with Crippen LogP contribution < -0.4 is 15.5 Å². The largest absolute Gasteiger partial charge is 0.495 e. The first-order valence-corrected chi connectivity index (χ1v) is 7.46. The number of para-hydroxylation sites is 2. The molecule has 1 aliphatic rings. The second-order valence-corrected chi connectivity index (χ2v) is 5.19. The highest BCUT2D eigenvalue weighted by Gasteiger charge is 2.20. The summed E-state index contributed by atoms with van der Waals surface area (Å²) in [7, 11) is 1.61. The summed E-state index contributed by atoms with van der Waals surface area (Å²) < 4.78 is 5.23. The smallest absolute Gasteiger partial charge is 0.259 e. The van der Waals surface area contributed by atoms with Crippen molar-refractivity contribution in [2.75, 3.05) is 19.0 Å². The molecule has 0 aliphatic heterocycles. The molecule has 0 spiro atoms. The number of benzene rings is 1. The summed E-state index contributed by atoms with van der Waals surface area (Å²) in [5, 5.41) is 7.33. The van der Waals surface area contributed by atoms with Crippen LogP contribution >= 0.6 is 0 Å². The summed E-state index contributed by atoms with van der Waals surface area (Å²) in [6.45, 7) is 2.34. The quantitative estimate of drug-likeness (QED) is 0.792. The summed E-state index contributed by atoms with van der Waals surface area (Å²) in [5.74, 6) is 1.11. The molecule has 21 heavy (non-hydrogen) atoms. The van der Waals surface area contributed by atoms with E-state index in [1.54, 1.807) is 7.11 Å². The van der Waals surface area contributed by atoms with Crippen molar-refractivity contribution < 1.29 is 9.53 Å². The van der Waals surface area contributed by atoms with Crippen molar-refractivity contribution in [3.8, 4) is 5.75 Å². The molecule has 5 heteroatoms. The zero-order valence-electron chi connectivity index (χ0n) is 12.7. The molecule has 1 fully saturated rings. The zero-order valence-corrected chi connectivity index (χ0v) is 12.7. The summed E-state index contributed by atoms with van der Waals surface area (Å²) in [4.78, 5) is 11.8. The van der Waals surface area contributed by atoms with Crippen LogP contribution in [0.2, 0.25) is 0 Å². The average Bonchev–Trinajstić information content (AvgIpc) is 2.98. The number of carbonyl (C=O) groups is 1. The van der Waals surface area contributed by atoms with Gasteiger partial charge in [-0.1, -0.05) is 19.1 Å². The maximum atomic E-state index is 11.8. The van der Waals surface area contributed by atoms with Gasteiger partial charge in [0.2, 0.25) is 0 Å². The number of ether oxygens (including phenoxy) is 1. The molecular formula is C16H23N3O2. The van der Waals surface area contributed by atoms with Gasteiger partial charge >= 0.3 is 0 Å². The Morgan fingerprint density at radius 3 is 3.00 bits per heavy atom. The average molecular weight is 289 g/mol. The molecule has 114 valence electrons. The number of anilines is 1. The highest BCUT2D eigenvalue weighted by Crippen LogP contribution is 2.25. The van der Waals surface area contributed by atoms with Gasteiger partial charge < -0.3 is 10.1 Å². The van der Waals surface area contributed by atoms with Crippen LogP contribution in [0.1, 0.15) is 32.6 Å². The van der Waals surface area contributed by atoms with Crippen LogP contribution in [-0.2, 0) is 4.79 Å². The first-order valence-electron chi connectivity index (χ1n) is 7.46. The summed E-state index contributed by atoms with van der Waals surface area (Å²) in [5.41, 5.74) is 4.57. The van der Waals surface area contributed by atoms with Gasteiger partial charge in [0, 0.05) is 5.71 Å². The molecule has 0 saturated heterocycles. The van der Waals surface area contributed by atoms with Crippen LogP contribution in [0.25, 0.3) is 0 Å². The number of nitrogens with one attached hydrogen (secondary N) is 2. The minimum atomic E-state index is -0.143. The Labute approximate surface area is 125 Å². The molecule has 1 saturated carbocycles. The zero-order chi connectivity index (χ0) is 15.1. The monoisotopic (exact) mass is 289 g/mol. The van der Waals surface area contributed by atoms with Gasteiger partial charge in [-0.15, -0.1) is 0 Å². The van der Waals surface area contributed by atoms with Crippen molar-refractivity contribution in [1.82, 2.24) is 5.43 Å². The van der Waals surface area contributed by atoms with E-state index >= 15 is 0 Å². The lowest BCUT2D eigenvalue weighted by Gasteiger charge is -2.11. The van der Waals surface area contributed by atoms with Crippen molar-refractivity contribution in [2.24, 2.45) is 11.0 Å². The topological polar surface area (TPSA) is 62.7 Å². The number of hydrogen-bond donors (Lipinski definition) is 2. The fourth-order valence-corrected chi connectivity index (χ4v) is 2.63. The Morgan fingerprint density at radius 1 is 1.43 bits per heavy atom. The van der Waals surface area contributed by atoms with E-state index in [2.05, 4.69) is 22.8 Å². The molecular weight excluding hydrogens is 266 g/mol. The molecule has 0 aromatic heterocycles. The number of hydrazone groups is 1. The lowest BCUT2D eigenvalue weighted by Crippen LogP contribution is -2.27. The van der Waals surface area contributed by atoms with Crippen molar-refractivity contribution in [3.63, 3.8) is 0 Å². The molecule has 0 bridgehead atoms. The molecule has 2 N–H and O–H groups in total. The minimum absolute atomic E-state index is 0.143. The SMILES string of the molecule is CC[C@@H]1CCC/C1=N/NC(=O)CNc1ccccc1OC. The van der Waals surface area contributed by atoms with Crippen molar-refractivity contribution in [1.29, 1.82) is 0 Å². The predicted molar refractivity (Wildman–Crippen MR) is 84.7 cm³/mol. The van der Waals surface area contributed by atoms with Crippen LogP contribution in [0.4, 0.5) is 5.69 Å². The van der Waals surface area contributed by atoms with Gasteiger partial charge in [0.25, 0.3) is 5.91 Å². The van der Waals surface area contributed by atoms with Crippen LogP contribution in [0, 0.1) is 5.92 Å². The number of hydrogen-bond acceptors (Lipinski definition) is 4. The Hall–Kier alpha value is -2.04. The number of methoxy groups -OCH3 is 1. The summed E-state index contributed by atoms with van der Waals surface area (Å²) in [6, 6.07) is 7.52. The van der Waals surface area contributed by atoms with E-state index in [9.17, 15) is 4.79 Å². The first-order chi connectivity index (χ1) is 10.2. The summed E-state index contributed by atoms with van der Waals surface area (Å²) in [6.07, 6.45) is 4.45. The predicted octanol–water partition coefficient (Wildman–Crippen LogP) is 2.79. The minimum Gasteiger partial charge on any atom is -0.495 e. The van der Waals surface area contributed by atoms with E-state index in [-0.39, 0.29) is 12.5 Å². The highest BCUT2D eigenvalue weighted by atomic mass is 16.5. The lowest BCUT2D eigenvalue weighted by atomic mass is 10.0. The number of carbonyl (C=O) groups excluding carboxylic acids is 1. The van der Waals surface area contributed by atoms with Crippen LogP contribution in [0.5, 0.6) is 5.75 Å². The van der Waals surface area contributed by atoms with Gasteiger partial charge in [-0.05, 0) is 43.7 Å². The van der Waals surface area contributed by atoms with Crippen molar-refractivity contribution in [3.05, 3.63) is 24.3 Å². The molecule has 0 heterocycles. The molecule has 0 unspecified atom stereocenters. The van der Waals surface area contributed by atoms with E-state index in [1.165, 1.54) is 12.8 Å². The molecule has 5 nitrogen and oxygen atoms in total. The number of rotatable bonds is 6. The Morgan fingerprint density at radius 2 is 2.24 bits per heavy atom.